The van der Waals surface area contributed by atoms with Gasteiger partial charge in [0.1, 0.15) is 0 Å². The van der Waals surface area contributed by atoms with E-state index in [-0.39, 0.29) is 4.90 Å². The molecule has 1 unspecified atom stereocenters. The van der Waals surface area contributed by atoms with Gasteiger partial charge < -0.3 is 0 Å². The maximum Gasteiger partial charge on any atom is 0.279 e. The standard InChI is InChI=1S/C23H22Cl2N2O2S/c1-16-4-14-23(15-5-16)30(28,29)27(18(3)20-8-12-22(25)13-9-20)26-17(2)19-6-10-21(24)11-7-19/h4-15,18H,1-3H3/b26-17+. The first-order valence-electron chi connectivity index (χ1n) is 9.36. The molecule has 0 aliphatic carbocycles. The summed E-state index contributed by atoms with van der Waals surface area (Å²) in [7, 11) is -3.90. The Kier molecular flexibility index (Phi) is 6.86. The van der Waals surface area contributed by atoms with Crippen molar-refractivity contribution in [2.75, 3.05) is 0 Å². The van der Waals surface area contributed by atoms with E-state index in [2.05, 4.69) is 5.10 Å². The lowest BCUT2D eigenvalue weighted by Crippen LogP contribution is -2.30. The Bertz CT molecular complexity index is 1140. The highest BCUT2D eigenvalue weighted by atomic mass is 35.5. The van der Waals surface area contributed by atoms with Gasteiger partial charge in [-0.3, -0.25) is 0 Å². The van der Waals surface area contributed by atoms with Crippen molar-refractivity contribution in [3.05, 3.63) is 99.5 Å². The average Bonchev–Trinajstić information content (AvgIpc) is 2.72. The van der Waals surface area contributed by atoms with E-state index in [1.807, 2.05) is 19.1 Å². The summed E-state index contributed by atoms with van der Waals surface area (Å²) in [6.07, 6.45) is 0. The van der Waals surface area contributed by atoms with Crippen molar-refractivity contribution in [1.82, 2.24) is 4.41 Å². The molecule has 30 heavy (non-hydrogen) atoms. The van der Waals surface area contributed by atoms with Crippen LogP contribution in [0.3, 0.4) is 0 Å². The van der Waals surface area contributed by atoms with Gasteiger partial charge in [0.05, 0.1) is 16.6 Å². The number of aryl methyl sites for hydroxylation is 1. The number of nitrogens with zero attached hydrogens (tertiary/aromatic N) is 2. The van der Waals surface area contributed by atoms with Crippen LogP contribution < -0.4 is 0 Å². The van der Waals surface area contributed by atoms with Gasteiger partial charge in [-0.05, 0) is 68.3 Å². The molecular weight excluding hydrogens is 439 g/mol. The zero-order chi connectivity index (χ0) is 21.9. The minimum Gasteiger partial charge on any atom is -0.200 e. The first kappa shape index (κ1) is 22.3. The summed E-state index contributed by atoms with van der Waals surface area (Å²) in [5.41, 5.74) is 3.10. The summed E-state index contributed by atoms with van der Waals surface area (Å²) >= 11 is 12.0. The van der Waals surface area contributed by atoms with Crippen LogP contribution in [0.1, 0.15) is 36.6 Å². The molecule has 0 heterocycles. The van der Waals surface area contributed by atoms with Crippen molar-refractivity contribution in [3.63, 3.8) is 0 Å². The lowest BCUT2D eigenvalue weighted by molar-refractivity contribution is 0.358. The number of rotatable bonds is 6. The van der Waals surface area contributed by atoms with Crippen LogP contribution in [0.15, 0.2) is 82.8 Å². The third kappa shape index (κ3) is 5.04. The molecule has 0 aliphatic rings. The van der Waals surface area contributed by atoms with Gasteiger partial charge in [-0.15, -0.1) is 0 Å². The van der Waals surface area contributed by atoms with E-state index in [9.17, 15) is 8.42 Å². The van der Waals surface area contributed by atoms with Crippen LogP contribution in [-0.2, 0) is 10.0 Å². The van der Waals surface area contributed by atoms with Crippen molar-refractivity contribution < 1.29 is 8.42 Å². The Hall–Kier alpha value is -2.34. The Balaban J connectivity index is 2.10. The van der Waals surface area contributed by atoms with E-state index in [0.29, 0.717) is 15.8 Å². The molecule has 4 nitrogen and oxygen atoms in total. The molecule has 0 aromatic heterocycles. The first-order valence-corrected chi connectivity index (χ1v) is 11.6. The molecule has 156 valence electrons. The van der Waals surface area contributed by atoms with Gasteiger partial charge in [0.15, 0.2) is 0 Å². The van der Waals surface area contributed by atoms with Crippen LogP contribution in [0.2, 0.25) is 10.0 Å². The monoisotopic (exact) mass is 460 g/mol. The van der Waals surface area contributed by atoms with Crippen LogP contribution >= 0.6 is 23.2 Å². The minimum absolute atomic E-state index is 0.182. The van der Waals surface area contributed by atoms with Gasteiger partial charge in [-0.25, -0.2) is 0 Å². The summed E-state index contributed by atoms with van der Waals surface area (Å²) in [6, 6.07) is 20.4. The molecule has 3 aromatic carbocycles. The quantitative estimate of drug-likeness (QED) is 0.312. The van der Waals surface area contributed by atoms with Gasteiger partial charge in [0.25, 0.3) is 10.0 Å². The minimum atomic E-state index is -3.90. The fraction of sp³-hybridized carbons (Fsp3) is 0.174. The molecule has 3 aromatic rings. The Morgan fingerprint density at radius 1 is 0.867 bits per heavy atom. The maximum absolute atomic E-state index is 13.5. The highest BCUT2D eigenvalue weighted by Crippen LogP contribution is 2.29. The summed E-state index contributed by atoms with van der Waals surface area (Å²) in [4.78, 5) is 0.182. The van der Waals surface area contributed by atoms with Crippen LogP contribution in [0.25, 0.3) is 0 Å². The second-order valence-electron chi connectivity index (χ2n) is 7.01. The third-order valence-corrected chi connectivity index (χ3v) is 7.02. The lowest BCUT2D eigenvalue weighted by atomic mass is 10.1. The van der Waals surface area contributed by atoms with E-state index in [1.165, 1.54) is 0 Å². The van der Waals surface area contributed by atoms with Crippen LogP contribution in [0, 0.1) is 6.92 Å². The molecule has 7 heteroatoms. The van der Waals surface area contributed by atoms with E-state index in [4.69, 9.17) is 23.2 Å². The largest absolute Gasteiger partial charge is 0.279 e. The van der Waals surface area contributed by atoms with Gasteiger partial charge in [-0.2, -0.15) is 17.9 Å². The predicted octanol–water partition coefficient (Wildman–Crippen LogP) is 6.48. The van der Waals surface area contributed by atoms with Crippen molar-refractivity contribution in [1.29, 1.82) is 0 Å². The molecular formula is C23H22Cl2N2O2S. The molecule has 3 rings (SSSR count). The summed E-state index contributed by atoms with van der Waals surface area (Å²) < 4.78 is 28.2. The summed E-state index contributed by atoms with van der Waals surface area (Å²) in [5.74, 6) is 0. The maximum atomic E-state index is 13.5. The molecule has 0 fully saturated rings. The Labute approximate surface area is 187 Å². The molecule has 0 saturated carbocycles. The van der Waals surface area contributed by atoms with Crippen molar-refractivity contribution in [3.8, 4) is 0 Å². The lowest BCUT2D eigenvalue weighted by Gasteiger charge is -2.27. The number of sulfonamides is 1. The van der Waals surface area contributed by atoms with E-state index >= 15 is 0 Å². The van der Waals surface area contributed by atoms with Crippen LogP contribution in [0.5, 0.6) is 0 Å². The zero-order valence-corrected chi connectivity index (χ0v) is 19.2. The number of benzene rings is 3. The topological polar surface area (TPSA) is 49.7 Å². The Morgan fingerprint density at radius 2 is 1.37 bits per heavy atom. The molecule has 0 spiro atoms. The smallest absolute Gasteiger partial charge is 0.200 e. The van der Waals surface area contributed by atoms with Gasteiger partial charge in [0.2, 0.25) is 0 Å². The molecule has 0 amide bonds. The third-order valence-electron chi connectivity index (χ3n) is 4.76. The molecule has 0 radical (unpaired) electrons. The Morgan fingerprint density at radius 3 is 1.90 bits per heavy atom. The molecule has 0 aliphatic heterocycles. The highest BCUT2D eigenvalue weighted by Gasteiger charge is 2.29. The zero-order valence-electron chi connectivity index (χ0n) is 16.9. The normalized spacial score (nSPS) is 13.2. The first-order chi connectivity index (χ1) is 14.2. The fourth-order valence-electron chi connectivity index (χ4n) is 2.93. The number of hydrogen-bond acceptors (Lipinski definition) is 3. The number of halogens is 2. The summed E-state index contributed by atoms with van der Waals surface area (Å²) in [5, 5.41) is 5.72. The second kappa shape index (κ2) is 9.21. The van der Waals surface area contributed by atoms with Crippen molar-refractivity contribution >= 4 is 38.9 Å². The van der Waals surface area contributed by atoms with E-state index in [1.54, 1.807) is 74.5 Å². The van der Waals surface area contributed by atoms with E-state index in [0.717, 1.165) is 21.1 Å². The van der Waals surface area contributed by atoms with Crippen LogP contribution in [-0.4, -0.2) is 18.5 Å². The average molecular weight is 461 g/mol. The number of hydrogen-bond donors (Lipinski definition) is 0. The predicted molar refractivity (Wildman–Crippen MR) is 124 cm³/mol. The molecule has 1 atom stereocenters. The molecule has 0 N–H and O–H groups in total. The second-order valence-corrected chi connectivity index (χ2v) is 9.68. The van der Waals surface area contributed by atoms with E-state index < -0.39 is 16.1 Å². The number of hydrazone groups is 1. The molecule has 0 saturated heterocycles. The van der Waals surface area contributed by atoms with Gasteiger partial charge >= 0.3 is 0 Å². The van der Waals surface area contributed by atoms with Gasteiger partial charge in [0, 0.05) is 10.0 Å². The molecule has 0 bridgehead atoms. The van der Waals surface area contributed by atoms with Crippen molar-refractivity contribution in [2.24, 2.45) is 5.10 Å². The van der Waals surface area contributed by atoms with Crippen molar-refractivity contribution in [2.45, 2.75) is 31.7 Å². The SMILES string of the molecule is C/C(=N\N(C(C)c1ccc(Cl)cc1)S(=O)(=O)c1ccc(C)cc1)c1ccc(Cl)cc1. The van der Waals surface area contributed by atoms with Crippen LogP contribution in [0.4, 0.5) is 0 Å². The highest BCUT2D eigenvalue weighted by molar-refractivity contribution is 7.89. The summed E-state index contributed by atoms with van der Waals surface area (Å²) in [6.45, 7) is 5.48. The van der Waals surface area contributed by atoms with Gasteiger partial charge in [-0.1, -0.05) is 65.2 Å². The fourth-order valence-corrected chi connectivity index (χ4v) is 4.65.